The Labute approximate surface area is 99.5 Å². The van der Waals surface area contributed by atoms with Gasteiger partial charge in [-0.2, -0.15) is 0 Å². The lowest BCUT2D eigenvalue weighted by atomic mass is 10.1. The van der Waals surface area contributed by atoms with Crippen molar-refractivity contribution < 1.29 is 9.90 Å². The first-order chi connectivity index (χ1) is 7.35. The molecule has 1 aromatic heterocycles. The van der Waals surface area contributed by atoms with Crippen molar-refractivity contribution in [3.63, 3.8) is 0 Å². The van der Waals surface area contributed by atoms with Crippen LogP contribution in [0.4, 0.5) is 0 Å². The van der Waals surface area contributed by atoms with Gasteiger partial charge in [0, 0.05) is 17.2 Å². The van der Waals surface area contributed by atoms with Crippen molar-refractivity contribution in [2.24, 2.45) is 11.3 Å². The highest BCUT2D eigenvalue weighted by Crippen LogP contribution is 2.64. The Morgan fingerprint density at radius 3 is 2.56 bits per heavy atom. The number of aliphatic carboxylic acids is 1. The largest absolute Gasteiger partial charge is 0.481 e. The van der Waals surface area contributed by atoms with E-state index >= 15 is 0 Å². The van der Waals surface area contributed by atoms with Gasteiger partial charge in [-0.25, -0.2) is 4.98 Å². The standard InChI is InChI=1S/C12H17NO2S/c1-6(2)10-13-7(5-16-10)8-9(11(14)15)12(8,3)4/h5-6,8-9H,1-4H3,(H,14,15)/t8-,9+/m0/s1. The summed E-state index contributed by atoms with van der Waals surface area (Å²) in [4.78, 5) is 15.6. The Morgan fingerprint density at radius 1 is 1.56 bits per heavy atom. The maximum absolute atomic E-state index is 11.1. The Morgan fingerprint density at radius 2 is 2.19 bits per heavy atom. The second-order valence-corrected chi connectivity index (χ2v) is 6.27. The molecule has 3 nitrogen and oxygen atoms in total. The smallest absolute Gasteiger partial charge is 0.307 e. The average Bonchev–Trinajstić information content (AvgIpc) is 2.60. The molecule has 2 atom stereocenters. The number of hydrogen-bond donors (Lipinski definition) is 1. The van der Waals surface area contributed by atoms with Gasteiger partial charge in [0.25, 0.3) is 0 Å². The number of carboxylic acids is 1. The summed E-state index contributed by atoms with van der Waals surface area (Å²) in [5.41, 5.74) is 0.819. The molecular weight excluding hydrogens is 222 g/mol. The van der Waals surface area contributed by atoms with Crippen molar-refractivity contribution in [3.8, 4) is 0 Å². The zero-order valence-corrected chi connectivity index (χ0v) is 10.8. The zero-order valence-electron chi connectivity index (χ0n) is 10.0. The van der Waals surface area contributed by atoms with E-state index in [1.807, 2.05) is 19.2 Å². The van der Waals surface area contributed by atoms with E-state index in [2.05, 4.69) is 18.8 Å². The first-order valence-electron chi connectivity index (χ1n) is 5.53. The molecule has 1 aliphatic carbocycles. The van der Waals surface area contributed by atoms with Crippen LogP contribution in [0.1, 0.15) is 50.2 Å². The van der Waals surface area contributed by atoms with E-state index < -0.39 is 5.97 Å². The third kappa shape index (κ3) is 1.65. The van der Waals surface area contributed by atoms with Gasteiger partial charge in [0.1, 0.15) is 0 Å². The minimum atomic E-state index is -0.700. The van der Waals surface area contributed by atoms with Gasteiger partial charge in [-0.05, 0) is 5.41 Å². The van der Waals surface area contributed by atoms with Gasteiger partial charge in [-0.1, -0.05) is 27.7 Å². The van der Waals surface area contributed by atoms with Crippen LogP contribution in [0.15, 0.2) is 5.38 Å². The number of hydrogen-bond acceptors (Lipinski definition) is 3. The summed E-state index contributed by atoms with van der Waals surface area (Å²) in [6.07, 6.45) is 0. The SMILES string of the molecule is CC(C)c1nc([C@H]2[C@H](C(=O)O)C2(C)C)cs1. The molecule has 2 rings (SSSR count). The fourth-order valence-electron chi connectivity index (χ4n) is 2.36. The molecular formula is C12H17NO2S. The molecule has 16 heavy (non-hydrogen) atoms. The number of carboxylic acid groups (broad SMARTS) is 1. The Balaban J connectivity index is 2.23. The number of nitrogens with zero attached hydrogens (tertiary/aromatic N) is 1. The van der Waals surface area contributed by atoms with Gasteiger partial charge in [0.15, 0.2) is 0 Å². The molecule has 1 aliphatic rings. The predicted octanol–water partition coefficient (Wildman–Crippen LogP) is 3.09. The lowest BCUT2D eigenvalue weighted by Gasteiger charge is -1.99. The van der Waals surface area contributed by atoms with Crippen LogP contribution in [0.2, 0.25) is 0 Å². The third-order valence-corrected chi connectivity index (χ3v) is 4.61. The molecule has 1 aromatic rings. The quantitative estimate of drug-likeness (QED) is 0.881. The molecule has 0 aromatic carbocycles. The Kier molecular flexibility index (Phi) is 2.57. The summed E-state index contributed by atoms with van der Waals surface area (Å²) >= 11 is 1.64. The summed E-state index contributed by atoms with van der Waals surface area (Å²) in [6, 6.07) is 0. The van der Waals surface area contributed by atoms with E-state index in [1.54, 1.807) is 11.3 Å². The molecule has 1 heterocycles. The highest BCUT2D eigenvalue weighted by atomic mass is 32.1. The van der Waals surface area contributed by atoms with Gasteiger partial charge >= 0.3 is 5.97 Å². The van der Waals surface area contributed by atoms with Crippen LogP contribution in [-0.4, -0.2) is 16.1 Å². The number of aromatic nitrogens is 1. The average molecular weight is 239 g/mol. The molecule has 0 aliphatic heterocycles. The normalized spacial score (nSPS) is 27.1. The minimum Gasteiger partial charge on any atom is -0.481 e. The summed E-state index contributed by atoms with van der Waals surface area (Å²) in [6.45, 7) is 8.22. The molecule has 0 bridgehead atoms. The van der Waals surface area contributed by atoms with Gasteiger partial charge in [0.2, 0.25) is 0 Å². The second-order valence-electron chi connectivity index (χ2n) is 5.38. The molecule has 0 amide bonds. The first-order valence-corrected chi connectivity index (χ1v) is 6.41. The van der Waals surface area contributed by atoms with Crippen molar-refractivity contribution >= 4 is 17.3 Å². The van der Waals surface area contributed by atoms with E-state index in [-0.39, 0.29) is 17.3 Å². The molecule has 88 valence electrons. The molecule has 4 heteroatoms. The van der Waals surface area contributed by atoms with Crippen LogP contribution >= 0.6 is 11.3 Å². The van der Waals surface area contributed by atoms with Crippen LogP contribution in [0.25, 0.3) is 0 Å². The lowest BCUT2D eigenvalue weighted by Crippen LogP contribution is -2.03. The molecule has 0 spiro atoms. The first kappa shape index (κ1) is 11.6. The topological polar surface area (TPSA) is 50.2 Å². The van der Waals surface area contributed by atoms with E-state index in [0.717, 1.165) is 10.7 Å². The number of thiazole rings is 1. The maximum atomic E-state index is 11.1. The van der Waals surface area contributed by atoms with E-state index in [9.17, 15) is 4.79 Å². The molecule has 0 saturated heterocycles. The molecule has 1 N–H and O–H groups in total. The van der Waals surface area contributed by atoms with Gasteiger partial charge < -0.3 is 5.11 Å². The minimum absolute atomic E-state index is 0.0914. The van der Waals surface area contributed by atoms with E-state index in [1.165, 1.54) is 0 Å². The van der Waals surface area contributed by atoms with Crippen molar-refractivity contribution in [1.29, 1.82) is 0 Å². The summed E-state index contributed by atoms with van der Waals surface area (Å²) < 4.78 is 0. The van der Waals surface area contributed by atoms with Crippen LogP contribution in [-0.2, 0) is 4.79 Å². The van der Waals surface area contributed by atoms with Crippen molar-refractivity contribution in [2.75, 3.05) is 0 Å². The van der Waals surface area contributed by atoms with E-state index in [0.29, 0.717) is 5.92 Å². The van der Waals surface area contributed by atoms with Crippen molar-refractivity contribution in [3.05, 3.63) is 16.1 Å². The van der Waals surface area contributed by atoms with Crippen LogP contribution in [0, 0.1) is 11.3 Å². The molecule has 0 radical (unpaired) electrons. The van der Waals surface area contributed by atoms with Crippen LogP contribution < -0.4 is 0 Å². The van der Waals surface area contributed by atoms with Crippen LogP contribution in [0.3, 0.4) is 0 Å². The fraction of sp³-hybridized carbons (Fsp3) is 0.667. The number of carbonyl (C=O) groups is 1. The van der Waals surface area contributed by atoms with Crippen molar-refractivity contribution in [2.45, 2.75) is 39.5 Å². The summed E-state index contributed by atoms with van der Waals surface area (Å²) in [7, 11) is 0. The molecule has 0 unspecified atom stereocenters. The Hall–Kier alpha value is -0.900. The molecule has 1 fully saturated rings. The second kappa shape index (κ2) is 3.55. The van der Waals surface area contributed by atoms with Crippen LogP contribution in [0.5, 0.6) is 0 Å². The van der Waals surface area contributed by atoms with Gasteiger partial charge in [0.05, 0.1) is 16.6 Å². The summed E-state index contributed by atoms with van der Waals surface area (Å²) in [5, 5.41) is 12.2. The highest BCUT2D eigenvalue weighted by Gasteiger charge is 2.63. The van der Waals surface area contributed by atoms with Gasteiger partial charge in [-0.15, -0.1) is 11.3 Å². The maximum Gasteiger partial charge on any atom is 0.307 e. The van der Waals surface area contributed by atoms with Crippen molar-refractivity contribution in [1.82, 2.24) is 4.98 Å². The third-order valence-electron chi connectivity index (χ3n) is 3.45. The fourth-order valence-corrected chi connectivity index (χ4v) is 3.23. The zero-order chi connectivity index (χ0) is 12.1. The predicted molar refractivity (Wildman–Crippen MR) is 63.9 cm³/mol. The molecule has 1 saturated carbocycles. The van der Waals surface area contributed by atoms with E-state index in [4.69, 9.17) is 5.11 Å². The highest BCUT2D eigenvalue weighted by molar-refractivity contribution is 7.09. The monoisotopic (exact) mass is 239 g/mol. The van der Waals surface area contributed by atoms with Gasteiger partial charge in [-0.3, -0.25) is 4.79 Å². The lowest BCUT2D eigenvalue weighted by molar-refractivity contribution is -0.139. The summed E-state index contributed by atoms with van der Waals surface area (Å²) in [5.74, 6) is -0.457. The number of rotatable bonds is 3. The Bertz CT molecular complexity index is 422.